The molecular formula is C13H17ClN2O4. The van der Waals surface area contributed by atoms with Crippen LogP contribution in [-0.4, -0.2) is 39.9 Å². The topological polar surface area (TPSA) is 81.4 Å². The zero-order valence-corrected chi connectivity index (χ0v) is 12.2. The van der Waals surface area contributed by atoms with Gasteiger partial charge < -0.3 is 9.84 Å². The number of carbonyl (C=O) groups excluding carboxylic acids is 1. The van der Waals surface area contributed by atoms with Crippen molar-refractivity contribution in [3.8, 4) is 0 Å². The Kier molecular flexibility index (Phi) is 4.15. The molecule has 1 atom stereocenters. The van der Waals surface area contributed by atoms with Crippen molar-refractivity contribution in [2.45, 2.75) is 33.2 Å². The van der Waals surface area contributed by atoms with E-state index in [1.807, 2.05) is 6.92 Å². The van der Waals surface area contributed by atoms with Crippen LogP contribution in [0.1, 0.15) is 24.7 Å². The van der Waals surface area contributed by atoms with E-state index in [2.05, 4.69) is 5.10 Å². The molecule has 1 fully saturated rings. The van der Waals surface area contributed by atoms with E-state index in [0.717, 1.165) is 0 Å². The Bertz CT molecular complexity index is 555. The van der Waals surface area contributed by atoms with Crippen LogP contribution < -0.4 is 0 Å². The molecule has 1 unspecified atom stereocenters. The number of ketones is 1. The van der Waals surface area contributed by atoms with Crippen molar-refractivity contribution < 1.29 is 19.4 Å². The number of ether oxygens (including phenoxy) is 1. The number of aromatic nitrogens is 2. The molecule has 0 bridgehead atoms. The lowest BCUT2D eigenvalue weighted by Crippen LogP contribution is -2.49. The quantitative estimate of drug-likeness (QED) is 0.852. The van der Waals surface area contributed by atoms with E-state index in [4.69, 9.17) is 16.3 Å². The summed E-state index contributed by atoms with van der Waals surface area (Å²) in [5.74, 6) is -1.48. The van der Waals surface area contributed by atoms with Crippen LogP contribution in [0.25, 0.3) is 0 Å². The van der Waals surface area contributed by atoms with Crippen molar-refractivity contribution in [3.05, 3.63) is 16.4 Å². The fourth-order valence-electron chi connectivity index (χ4n) is 2.46. The molecule has 1 aliphatic rings. The predicted octanol–water partition coefficient (Wildman–Crippen LogP) is 1.47. The van der Waals surface area contributed by atoms with Gasteiger partial charge in [-0.05, 0) is 13.8 Å². The molecule has 6 nitrogen and oxygen atoms in total. The lowest BCUT2D eigenvalue weighted by atomic mass is 9.77. The van der Waals surface area contributed by atoms with E-state index in [1.54, 1.807) is 11.6 Å². The number of carboxylic acid groups (broad SMARTS) is 1. The Balaban J connectivity index is 2.43. The Labute approximate surface area is 121 Å². The fraction of sp³-hybridized carbons (Fsp3) is 0.615. The summed E-state index contributed by atoms with van der Waals surface area (Å²) in [5.41, 5.74) is -0.345. The SMILES string of the molecule is CCn1nc(C)c(Cl)c1CC1(C(=O)O)COCCC1=O. The maximum Gasteiger partial charge on any atom is 0.319 e. The second-order valence-electron chi connectivity index (χ2n) is 4.95. The molecule has 0 aliphatic carbocycles. The highest BCUT2D eigenvalue weighted by atomic mass is 35.5. The number of carboxylic acids is 1. The van der Waals surface area contributed by atoms with Gasteiger partial charge in [0.1, 0.15) is 0 Å². The number of rotatable bonds is 4. The van der Waals surface area contributed by atoms with Crippen molar-refractivity contribution in [1.82, 2.24) is 9.78 Å². The van der Waals surface area contributed by atoms with Gasteiger partial charge in [-0.1, -0.05) is 11.6 Å². The Hall–Kier alpha value is -1.40. The fourth-order valence-corrected chi connectivity index (χ4v) is 2.66. The van der Waals surface area contributed by atoms with Gasteiger partial charge in [-0.3, -0.25) is 14.3 Å². The molecule has 0 saturated carbocycles. The second-order valence-corrected chi connectivity index (χ2v) is 5.33. The van der Waals surface area contributed by atoms with Crippen LogP contribution in [0, 0.1) is 12.3 Å². The van der Waals surface area contributed by atoms with Gasteiger partial charge >= 0.3 is 5.97 Å². The molecular weight excluding hydrogens is 284 g/mol. The number of aliphatic carboxylic acids is 1. The Morgan fingerprint density at radius 3 is 2.85 bits per heavy atom. The third-order valence-electron chi connectivity index (χ3n) is 3.69. The molecule has 0 spiro atoms. The maximum atomic E-state index is 12.1. The van der Waals surface area contributed by atoms with E-state index < -0.39 is 11.4 Å². The van der Waals surface area contributed by atoms with Gasteiger partial charge in [-0.25, -0.2) is 0 Å². The number of carbonyl (C=O) groups is 2. The highest BCUT2D eigenvalue weighted by Crippen LogP contribution is 2.33. The van der Waals surface area contributed by atoms with E-state index in [9.17, 15) is 14.7 Å². The normalized spacial score (nSPS) is 23.1. The van der Waals surface area contributed by atoms with Crippen LogP contribution in [-0.2, 0) is 27.3 Å². The zero-order chi connectivity index (χ0) is 14.9. The van der Waals surface area contributed by atoms with E-state index in [-0.39, 0.29) is 31.8 Å². The van der Waals surface area contributed by atoms with Gasteiger partial charge in [0.25, 0.3) is 0 Å². The van der Waals surface area contributed by atoms with E-state index >= 15 is 0 Å². The van der Waals surface area contributed by atoms with Gasteiger partial charge in [-0.15, -0.1) is 0 Å². The van der Waals surface area contributed by atoms with Crippen molar-refractivity contribution >= 4 is 23.4 Å². The molecule has 0 radical (unpaired) electrons. The van der Waals surface area contributed by atoms with Gasteiger partial charge in [0.15, 0.2) is 11.2 Å². The first-order valence-corrected chi connectivity index (χ1v) is 6.86. The lowest BCUT2D eigenvalue weighted by Gasteiger charge is -2.31. The monoisotopic (exact) mass is 300 g/mol. The minimum absolute atomic E-state index is 0.00861. The molecule has 2 heterocycles. The lowest BCUT2D eigenvalue weighted by molar-refractivity contribution is -0.164. The summed E-state index contributed by atoms with van der Waals surface area (Å²) in [7, 11) is 0. The zero-order valence-electron chi connectivity index (χ0n) is 11.5. The first-order chi connectivity index (χ1) is 9.42. The largest absolute Gasteiger partial charge is 0.480 e. The number of halogens is 1. The van der Waals surface area contributed by atoms with Gasteiger partial charge in [0, 0.05) is 19.4 Å². The summed E-state index contributed by atoms with van der Waals surface area (Å²) in [6.45, 7) is 4.36. The minimum atomic E-state index is -1.55. The highest BCUT2D eigenvalue weighted by Gasteiger charge is 2.49. The number of nitrogens with zero attached hydrogens (tertiary/aromatic N) is 2. The highest BCUT2D eigenvalue weighted by molar-refractivity contribution is 6.32. The number of Topliss-reactive ketones (excluding diaryl/α,β-unsaturated/α-hetero) is 1. The molecule has 1 N–H and O–H groups in total. The molecule has 2 rings (SSSR count). The van der Waals surface area contributed by atoms with Crippen molar-refractivity contribution in [1.29, 1.82) is 0 Å². The first kappa shape index (κ1) is 15.0. The smallest absolute Gasteiger partial charge is 0.319 e. The van der Waals surface area contributed by atoms with Crippen molar-refractivity contribution in [3.63, 3.8) is 0 Å². The summed E-state index contributed by atoms with van der Waals surface area (Å²) >= 11 is 6.20. The summed E-state index contributed by atoms with van der Waals surface area (Å²) in [6.07, 6.45) is 0.123. The molecule has 110 valence electrons. The third-order valence-corrected chi connectivity index (χ3v) is 4.18. The number of hydrogen-bond donors (Lipinski definition) is 1. The minimum Gasteiger partial charge on any atom is -0.480 e. The molecule has 20 heavy (non-hydrogen) atoms. The average Bonchev–Trinajstić information content (AvgIpc) is 2.68. The van der Waals surface area contributed by atoms with Gasteiger partial charge in [0.05, 0.1) is 29.6 Å². The molecule has 0 aromatic carbocycles. The molecule has 1 saturated heterocycles. The second kappa shape index (κ2) is 5.54. The van der Waals surface area contributed by atoms with Gasteiger partial charge in [0.2, 0.25) is 0 Å². The van der Waals surface area contributed by atoms with Crippen LogP contribution in [0.2, 0.25) is 5.02 Å². The number of aryl methyl sites for hydroxylation is 2. The van der Waals surface area contributed by atoms with Crippen LogP contribution in [0.3, 0.4) is 0 Å². The van der Waals surface area contributed by atoms with Crippen molar-refractivity contribution in [2.24, 2.45) is 5.41 Å². The van der Waals surface area contributed by atoms with E-state index in [1.165, 1.54) is 0 Å². The van der Waals surface area contributed by atoms with E-state index in [0.29, 0.717) is 23.0 Å². The summed E-state index contributed by atoms with van der Waals surface area (Å²) < 4.78 is 6.88. The molecule has 1 aromatic heterocycles. The molecule has 7 heteroatoms. The van der Waals surface area contributed by atoms with Crippen LogP contribution in [0.4, 0.5) is 0 Å². The molecule has 1 aromatic rings. The standard InChI is InChI=1S/C13H17ClN2O4/c1-3-16-9(11(14)8(2)15-16)6-13(12(18)19)7-20-5-4-10(13)17/h3-7H2,1-2H3,(H,18,19). The van der Waals surface area contributed by atoms with Crippen LogP contribution in [0.15, 0.2) is 0 Å². The third kappa shape index (κ3) is 2.33. The Morgan fingerprint density at radius 1 is 1.60 bits per heavy atom. The average molecular weight is 301 g/mol. The van der Waals surface area contributed by atoms with Crippen LogP contribution >= 0.6 is 11.6 Å². The predicted molar refractivity (Wildman–Crippen MR) is 71.9 cm³/mol. The maximum absolute atomic E-state index is 12.1. The molecule has 1 aliphatic heterocycles. The van der Waals surface area contributed by atoms with Gasteiger partial charge in [-0.2, -0.15) is 5.10 Å². The summed E-state index contributed by atoms with van der Waals surface area (Å²) in [4.78, 5) is 23.8. The van der Waals surface area contributed by atoms with Crippen molar-refractivity contribution in [2.75, 3.05) is 13.2 Å². The summed E-state index contributed by atoms with van der Waals surface area (Å²) in [5, 5.41) is 14.2. The number of hydrogen-bond acceptors (Lipinski definition) is 4. The first-order valence-electron chi connectivity index (χ1n) is 6.48. The Morgan fingerprint density at radius 2 is 2.30 bits per heavy atom. The molecule has 0 amide bonds. The van der Waals surface area contributed by atoms with Crippen LogP contribution in [0.5, 0.6) is 0 Å². The summed E-state index contributed by atoms with van der Waals surface area (Å²) in [6, 6.07) is 0.